The van der Waals surface area contributed by atoms with Crippen molar-refractivity contribution in [2.75, 3.05) is 6.61 Å². The first-order valence-electron chi connectivity index (χ1n) is 7.79. The van der Waals surface area contributed by atoms with Crippen LogP contribution >= 0.6 is 0 Å². The second-order valence-electron chi connectivity index (χ2n) is 5.80. The van der Waals surface area contributed by atoms with Gasteiger partial charge in [0.05, 0.1) is 12.8 Å². The molecule has 120 valence electrons. The van der Waals surface area contributed by atoms with Gasteiger partial charge >= 0.3 is 0 Å². The first-order valence-corrected chi connectivity index (χ1v) is 7.79. The van der Waals surface area contributed by atoms with E-state index in [-0.39, 0.29) is 17.8 Å². The minimum Gasteiger partial charge on any atom is -0.492 e. The Bertz CT molecular complexity index is 718. The Morgan fingerprint density at radius 1 is 1.43 bits per heavy atom. The van der Waals surface area contributed by atoms with Gasteiger partial charge in [-0.05, 0) is 49.4 Å². The Balaban J connectivity index is 1.65. The Labute approximate surface area is 134 Å². The van der Waals surface area contributed by atoms with Crippen LogP contribution < -0.4 is 10.1 Å². The number of nitrogens with zero attached hydrogens (tertiary/aromatic N) is 1. The lowest BCUT2D eigenvalue weighted by molar-refractivity contribution is 0.0934. The van der Waals surface area contributed by atoms with Gasteiger partial charge in [-0.1, -0.05) is 18.2 Å². The minimum atomic E-state index is -0.252. The van der Waals surface area contributed by atoms with E-state index < -0.39 is 0 Å². The van der Waals surface area contributed by atoms with Gasteiger partial charge in [0, 0.05) is 6.04 Å². The third-order valence-corrected chi connectivity index (χ3v) is 3.89. The second kappa shape index (κ2) is 6.77. The van der Waals surface area contributed by atoms with Crippen molar-refractivity contribution in [3.63, 3.8) is 0 Å². The van der Waals surface area contributed by atoms with E-state index in [0.29, 0.717) is 24.3 Å². The number of nitrogens with one attached hydrogen (secondary N) is 1. The average Bonchev–Trinajstić information content (AvgIpc) is 2.56. The van der Waals surface area contributed by atoms with E-state index in [2.05, 4.69) is 10.3 Å². The molecule has 0 spiro atoms. The molecule has 0 saturated carbocycles. The summed E-state index contributed by atoms with van der Waals surface area (Å²) in [7, 11) is 0. The molecule has 1 aromatic carbocycles. The summed E-state index contributed by atoms with van der Waals surface area (Å²) in [6.07, 6.45) is 3.88. The molecule has 1 amide bonds. The molecule has 0 bridgehead atoms. The van der Waals surface area contributed by atoms with Crippen LogP contribution in [0.25, 0.3) is 0 Å². The fourth-order valence-corrected chi connectivity index (χ4v) is 2.72. The summed E-state index contributed by atoms with van der Waals surface area (Å²) >= 11 is 0. The lowest BCUT2D eigenvalue weighted by Gasteiger charge is -2.18. The highest BCUT2D eigenvalue weighted by Crippen LogP contribution is 2.24. The van der Waals surface area contributed by atoms with Gasteiger partial charge in [0.25, 0.3) is 5.91 Å². The molecule has 3 rings (SSSR count). The van der Waals surface area contributed by atoms with Crippen LogP contribution in [0.1, 0.15) is 35.0 Å². The second-order valence-corrected chi connectivity index (χ2v) is 5.80. The predicted octanol–water partition coefficient (Wildman–Crippen LogP) is 2.91. The van der Waals surface area contributed by atoms with Gasteiger partial charge in [0.2, 0.25) is 0 Å². The van der Waals surface area contributed by atoms with Crippen molar-refractivity contribution in [1.29, 1.82) is 0 Å². The smallest absolute Gasteiger partial charge is 0.270 e. The fourth-order valence-electron chi connectivity index (χ4n) is 2.72. The standard InChI is InChI=1S/C18H19FN2O2/c1-12(9-13-5-2-3-7-15(13)19)21-18(22)16-10-14-6-4-8-23-17(14)11-20-16/h2-3,5,7,10-12H,4,6,8-9H2,1H3,(H,21,22). The quantitative estimate of drug-likeness (QED) is 0.944. The molecule has 5 heteroatoms. The lowest BCUT2D eigenvalue weighted by Crippen LogP contribution is -2.35. The molecule has 0 radical (unpaired) electrons. The summed E-state index contributed by atoms with van der Waals surface area (Å²) in [5, 5.41) is 2.87. The van der Waals surface area contributed by atoms with Crippen molar-refractivity contribution in [2.24, 2.45) is 0 Å². The highest BCUT2D eigenvalue weighted by Gasteiger charge is 2.17. The molecule has 2 aromatic rings. The molecule has 1 atom stereocenters. The van der Waals surface area contributed by atoms with Crippen LogP contribution in [-0.4, -0.2) is 23.5 Å². The van der Waals surface area contributed by atoms with Gasteiger partial charge in [-0.15, -0.1) is 0 Å². The number of aromatic nitrogens is 1. The van der Waals surface area contributed by atoms with Crippen LogP contribution in [-0.2, 0) is 12.8 Å². The van der Waals surface area contributed by atoms with Crippen molar-refractivity contribution in [2.45, 2.75) is 32.2 Å². The number of hydrogen-bond donors (Lipinski definition) is 1. The maximum atomic E-state index is 13.7. The molecule has 1 aliphatic heterocycles. The lowest BCUT2D eigenvalue weighted by atomic mass is 10.1. The van der Waals surface area contributed by atoms with Crippen LogP contribution in [0, 0.1) is 5.82 Å². The Morgan fingerprint density at radius 3 is 3.09 bits per heavy atom. The van der Waals surface area contributed by atoms with Gasteiger partial charge in [0.1, 0.15) is 17.3 Å². The van der Waals surface area contributed by atoms with Crippen molar-refractivity contribution >= 4 is 5.91 Å². The predicted molar refractivity (Wildman–Crippen MR) is 85.1 cm³/mol. The maximum absolute atomic E-state index is 13.7. The van der Waals surface area contributed by atoms with E-state index in [1.54, 1.807) is 30.5 Å². The molecule has 0 aliphatic carbocycles. The number of carbonyl (C=O) groups excluding carboxylic acids is 1. The third-order valence-electron chi connectivity index (χ3n) is 3.89. The number of aryl methyl sites for hydroxylation is 1. The van der Waals surface area contributed by atoms with Crippen LogP contribution in [0.15, 0.2) is 36.5 Å². The SMILES string of the molecule is CC(Cc1ccccc1F)NC(=O)c1cc2c(cn1)OCCC2. The molecular weight excluding hydrogens is 295 g/mol. The van der Waals surface area contributed by atoms with E-state index in [1.807, 2.05) is 6.92 Å². The number of pyridine rings is 1. The fraction of sp³-hybridized carbons (Fsp3) is 0.333. The highest BCUT2D eigenvalue weighted by atomic mass is 19.1. The average molecular weight is 314 g/mol. The van der Waals surface area contributed by atoms with Gasteiger partial charge in [-0.2, -0.15) is 0 Å². The number of hydrogen-bond acceptors (Lipinski definition) is 3. The number of rotatable bonds is 4. The molecule has 23 heavy (non-hydrogen) atoms. The number of amides is 1. The zero-order chi connectivity index (χ0) is 16.2. The van der Waals surface area contributed by atoms with Crippen LogP contribution in [0.3, 0.4) is 0 Å². The van der Waals surface area contributed by atoms with E-state index in [1.165, 1.54) is 6.07 Å². The number of halogens is 1. The number of carbonyl (C=O) groups is 1. The molecule has 0 fully saturated rings. The topological polar surface area (TPSA) is 51.2 Å². The van der Waals surface area contributed by atoms with Crippen molar-refractivity contribution in [3.8, 4) is 5.75 Å². The van der Waals surface area contributed by atoms with Gasteiger partial charge in [-0.25, -0.2) is 9.37 Å². The van der Waals surface area contributed by atoms with E-state index >= 15 is 0 Å². The molecular formula is C18H19FN2O2. The highest BCUT2D eigenvalue weighted by molar-refractivity contribution is 5.92. The molecule has 0 saturated heterocycles. The number of ether oxygens (including phenoxy) is 1. The van der Waals surface area contributed by atoms with Crippen LogP contribution in [0.4, 0.5) is 4.39 Å². The van der Waals surface area contributed by atoms with Gasteiger partial charge in [-0.3, -0.25) is 4.79 Å². The van der Waals surface area contributed by atoms with Gasteiger partial charge in [0.15, 0.2) is 0 Å². The minimum absolute atomic E-state index is 0.187. The van der Waals surface area contributed by atoms with Crippen LogP contribution in [0.5, 0.6) is 5.75 Å². The van der Waals surface area contributed by atoms with E-state index in [4.69, 9.17) is 4.74 Å². The van der Waals surface area contributed by atoms with Crippen molar-refractivity contribution < 1.29 is 13.9 Å². The van der Waals surface area contributed by atoms with Crippen molar-refractivity contribution in [3.05, 3.63) is 59.2 Å². The molecule has 1 N–H and O–H groups in total. The Hall–Kier alpha value is -2.43. The molecule has 1 aliphatic rings. The summed E-state index contributed by atoms with van der Waals surface area (Å²) in [6.45, 7) is 2.55. The summed E-state index contributed by atoms with van der Waals surface area (Å²) in [5.41, 5.74) is 1.97. The molecule has 4 nitrogen and oxygen atoms in total. The number of benzene rings is 1. The Kier molecular flexibility index (Phi) is 4.55. The zero-order valence-corrected chi connectivity index (χ0v) is 13.0. The van der Waals surface area contributed by atoms with Crippen LogP contribution in [0.2, 0.25) is 0 Å². The van der Waals surface area contributed by atoms with Gasteiger partial charge < -0.3 is 10.1 Å². The summed E-state index contributed by atoms with van der Waals surface area (Å²) in [4.78, 5) is 16.5. The first kappa shape index (κ1) is 15.5. The summed E-state index contributed by atoms with van der Waals surface area (Å²) in [5.74, 6) is 0.257. The van der Waals surface area contributed by atoms with E-state index in [9.17, 15) is 9.18 Å². The normalized spacial score (nSPS) is 14.5. The number of fused-ring (bicyclic) bond motifs is 1. The molecule has 1 aromatic heterocycles. The third kappa shape index (κ3) is 3.67. The Morgan fingerprint density at radius 2 is 2.26 bits per heavy atom. The summed E-state index contributed by atoms with van der Waals surface area (Å²) in [6, 6.07) is 8.19. The summed E-state index contributed by atoms with van der Waals surface area (Å²) < 4.78 is 19.2. The van der Waals surface area contributed by atoms with Crippen molar-refractivity contribution in [1.82, 2.24) is 10.3 Å². The first-order chi connectivity index (χ1) is 11.1. The molecule has 1 unspecified atom stereocenters. The monoisotopic (exact) mass is 314 g/mol. The maximum Gasteiger partial charge on any atom is 0.270 e. The molecule has 2 heterocycles. The zero-order valence-electron chi connectivity index (χ0n) is 13.0. The largest absolute Gasteiger partial charge is 0.492 e. The van der Waals surface area contributed by atoms with E-state index in [0.717, 1.165) is 24.2 Å².